The van der Waals surface area contributed by atoms with Crippen molar-refractivity contribution >= 4 is 34.9 Å². The summed E-state index contributed by atoms with van der Waals surface area (Å²) in [5.74, 6) is 1.31. The van der Waals surface area contributed by atoms with Gasteiger partial charge in [-0.3, -0.25) is 4.79 Å². The van der Waals surface area contributed by atoms with Crippen LogP contribution in [0.2, 0.25) is 10.0 Å². The van der Waals surface area contributed by atoms with Crippen LogP contribution in [0.4, 0.5) is 5.82 Å². The quantitative estimate of drug-likeness (QED) is 0.891. The SMILES string of the molecule is O=C(NCC1CCN(c2ccccn2)CC1)c1cc(Cl)ccc1Cl. The lowest BCUT2D eigenvalue weighted by atomic mass is 9.96. The summed E-state index contributed by atoms with van der Waals surface area (Å²) in [6, 6.07) is 10.9. The Bertz CT molecular complexity index is 701. The van der Waals surface area contributed by atoms with E-state index in [2.05, 4.69) is 15.2 Å². The van der Waals surface area contributed by atoms with E-state index in [9.17, 15) is 4.79 Å². The average molecular weight is 364 g/mol. The Labute approximate surface area is 151 Å². The Kier molecular flexibility index (Phi) is 5.59. The molecule has 0 aliphatic carbocycles. The number of carbonyl (C=O) groups is 1. The molecule has 3 rings (SSSR count). The molecule has 4 nitrogen and oxygen atoms in total. The monoisotopic (exact) mass is 363 g/mol. The molecule has 0 radical (unpaired) electrons. The van der Waals surface area contributed by atoms with Crippen LogP contribution in [-0.2, 0) is 0 Å². The van der Waals surface area contributed by atoms with Crippen molar-refractivity contribution in [2.45, 2.75) is 12.8 Å². The lowest BCUT2D eigenvalue weighted by molar-refractivity contribution is 0.0945. The molecule has 1 N–H and O–H groups in total. The smallest absolute Gasteiger partial charge is 0.252 e. The number of halogens is 2. The highest BCUT2D eigenvalue weighted by atomic mass is 35.5. The summed E-state index contributed by atoms with van der Waals surface area (Å²) in [6.07, 6.45) is 3.87. The van der Waals surface area contributed by atoms with Crippen LogP contribution in [0.3, 0.4) is 0 Å². The van der Waals surface area contributed by atoms with E-state index in [0.717, 1.165) is 31.7 Å². The van der Waals surface area contributed by atoms with Crippen LogP contribution >= 0.6 is 23.2 Å². The molecule has 6 heteroatoms. The molecular formula is C18H19Cl2N3O. The van der Waals surface area contributed by atoms with E-state index in [-0.39, 0.29) is 5.91 Å². The molecule has 1 aliphatic heterocycles. The Hall–Kier alpha value is -1.78. The number of rotatable bonds is 4. The van der Waals surface area contributed by atoms with Crippen LogP contribution < -0.4 is 10.2 Å². The van der Waals surface area contributed by atoms with E-state index in [1.54, 1.807) is 18.2 Å². The molecule has 1 aromatic carbocycles. The standard InChI is InChI=1S/C18H19Cl2N3O/c19-14-4-5-16(20)15(11-14)18(24)22-12-13-6-9-23(10-7-13)17-3-1-2-8-21-17/h1-5,8,11,13H,6-7,9-10,12H2,(H,22,24). The first kappa shape index (κ1) is 17.1. The van der Waals surface area contributed by atoms with Crippen molar-refractivity contribution in [3.8, 4) is 0 Å². The van der Waals surface area contributed by atoms with Gasteiger partial charge >= 0.3 is 0 Å². The fourth-order valence-corrected chi connectivity index (χ4v) is 3.29. The summed E-state index contributed by atoms with van der Waals surface area (Å²) in [5.41, 5.74) is 0.426. The van der Waals surface area contributed by atoms with E-state index in [4.69, 9.17) is 23.2 Å². The first-order valence-electron chi connectivity index (χ1n) is 8.02. The molecular weight excluding hydrogens is 345 g/mol. The molecule has 0 atom stereocenters. The second-order valence-electron chi connectivity index (χ2n) is 5.95. The van der Waals surface area contributed by atoms with Gasteiger partial charge in [0.2, 0.25) is 0 Å². The Morgan fingerprint density at radius 3 is 2.71 bits per heavy atom. The highest BCUT2D eigenvalue weighted by Crippen LogP contribution is 2.22. The summed E-state index contributed by atoms with van der Waals surface area (Å²) < 4.78 is 0. The van der Waals surface area contributed by atoms with Gasteiger partial charge < -0.3 is 10.2 Å². The van der Waals surface area contributed by atoms with Gasteiger partial charge in [-0.05, 0) is 49.1 Å². The molecule has 0 bridgehead atoms. The van der Waals surface area contributed by atoms with Crippen molar-refractivity contribution in [1.29, 1.82) is 0 Å². The van der Waals surface area contributed by atoms with E-state index in [1.807, 2.05) is 24.4 Å². The molecule has 1 aliphatic rings. The normalized spacial score (nSPS) is 15.3. The van der Waals surface area contributed by atoms with Crippen LogP contribution in [0, 0.1) is 5.92 Å². The number of carbonyl (C=O) groups excluding carboxylic acids is 1. The van der Waals surface area contributed by atoms with E-state index >= 15 is 0 Å². The number of piperidine rings is 1. The summed E-state index contributed by atoms with van der Waals surface area (Å²) in [4.78, 5) is 18.9. The maximum absolute atomic E-state index is 12.3. The Morgan fingerprint density at radius 1 is 1.21 bits per heavy atom. The molecule has 0 spiro atoms. The third-order valence-electron chi connectivity index (χ3n) is 4.31. The first-order chi connectivity index (χ1) is 11.6. The molecule has 1 saturated heterocycles. The zero-order chi connectivity index (χ0) is 16.9. The minimum atomic E-state index is -0.172. The minimum Gasteiger partial charge on any atom is -0.357 e. The predicted octanol–water partition coefficient (Wildman–Crippen LogP) is 4.03. The van der Waals surface area contributed by atoms with Crippen molar-refractivity contribution in [3.05, 3.63) is 58.2 Å². The summed E-state index contributed by atoms with van der Waals surface area (Å²) in [7, 11) is 0. The number of benzene rings is 1. The Balaban J connectivity index is 1.50. The van der Waals surface area contributed by atoms with Gasteiger partial charge in [0.05, 0.1) is 10.6 Å². The summed E-state index contributed by atoms with van der Waals surface area (Å²) >= 11 is 12.0. The second-order valence-corrected chi connectivity index (χ2v) is 6.80. The molecule has 126 valence electrons. The van der Waals surface area contributed by atoms with Crippen molar-refractivity contribution in [2.75, 3.05) is 24.5 Å². The van der Waals surface area contributed by atoms with Crippen molar-refractivity contribution < 1.29 is 4.79 Å². The zero-order valence-corrected chi connectivity index (χ0v) is 14.7. The predicted molar refractivity (Wildman–Crippen MR) is 98.0 cm³/mol. The van der Waals surface area contributed by atoms with Crippen LogP contribution in [0.25, 0.3) is 0 Å². The number of pyridine rings is 1. The summed E-state index contributed by atoms with van der Waals surface area (Å²) in [6.45, 7) is 2.56. The van der Waals surface area contributed by atoms with Crippen LogP contribution in [-0.4, -0.2) is 30.5 Å². The number of anilines is 1. The lowest BCUT2D eigenvalue weighted by Crippen LogP contribution is -2.39. The molecule has 2 heterocycles. The molecule has 1 amide bonds. The van der Waals surface area contributed by atoms with Gasteiger partial charge in [0.1, 0.15) is 5.82 Å². The topological polar surface area (TPSA) is 45.2 Å². The molecule has 0 saturated carbocycles. The van der Waals surface area contributed by atoms with Crippen molar-refractivity contribution in [3.63, 3.8) is 0 Å². The van der Waals surface area contributed by atoms with Gasteiger partial charge in [-0.2, -0.15) is 0 Å². The minimum absolute atomic E-state index is 0.172. The fraction of sp³-hybridized carbons (Fsp3) is 0.333. The largest absolute Gasteiger partial charge is 0.357 e. The average Bonchev–Trinajstić information content (AvgIpc) is 2.63. The number of aromatic nitrogens is 1. The lowest BCUT2D eigenvalue weighted by Gasteiger charge is -2.32. The van der Waals surface area contributed by atoms with Crippen LogP contribution in [0.15, 0.2) is 42.6 Å². The highest BCUT2D eigenvalue weighted by molar-refractivity contribution is 6.35. The van der Waals surface area contributed by atoms with Crippen LogP contribution in [0.5, 0.6) is 0 Å². The molecule has 0 unspecified atom stereocenters. The van der Waals surface area contributed by atoms with Gasteiger partial charge in [0.15, 0.2) is 0 Å². The molecule has 1 aromatic heterocycles. The van der Waals surface area contributed by atoms with Crippen molar-refractivity contribution in [1.82, 2.24) is 10.3 Å². The van der Waals surface area contributed by atoms with Gasteiger partial charge in [-0.25, -0.2) is 4.98 Å². The maximum atomic E-state index is 12.3. The molecule has 2 aromatic rings. The Morgan fingerprint density at radius 2 is 2.00 bits per heavy atom. The zero-order valence-electron chi connectivity index (χ0n) is 13.2. The third kappa shape index (κ3) is 4.19. The van der Waals surface area contributed by atoms with Gasteiger partial charge in [-0.1, -0.05) is 29.3 Å². The first-order valence-corrected chi connectivity index (χ1v) is 8.78. The number of nitrogens with zero attached hydrogens (tertiary/aromatic N) is 2. The molecule has 24 heavy (non-hydrogen) atoms. The van der Waals surface area contributed by atoms with E-state index < -0.39 is 0 Å². The summed E-state index contributed by atoms with van der Waals surface area (Å²) in [5, 5.41) is 3.90. The number of hydrogen-bond donors (Lipinski definition) is 1. The van der Waals surface area contributed by atoms with E-state index in [1.165, 1.54) is 0 Å². The van der Waals surface area contributed by atoms with Crippen LogP contribution in [0.1, 0.15) is 23.2 Å². The van der Waals surface area contributed by atoms with Gasteiger partial charge in [0, 0.05) is 30.9 Å². The third-order valence-corrected chi connectivity index (χ3v) is 4.88. The highest BCUT2D eigenvalue weighted by Gasteiger charge is 2.21. The maximum Gasteiger partial charge on any atom is 0.252 e. The molecule has 1 fully saturated rings. The number of amides is 1. The second kappa shape index (κ2) is 7.86. The van der Waals surface area contributed by atoms with Crippen molar-refractivity contribution in [2.24, 2.45) is 5.92 Å². The number of nitrogens with one attached hydrogen (secondary N) is 1. The number of hydrogen-bond acceptors (Lipinski definition) is 3. The van der Waals surface area contributed by atoms with Gasteiger partial charge in [0.25, 0.3) is 5.91 Å². The fourth-order valence-electron chi connectivity index (χ4n) is 2.91. The van der Waals surface area contributed by atoms with Gasteiger partial charge in [-0.15, -0.1) is 0 Å². The van der Waals surface area contributed by atoms with E-state index in [0.29, 0.717) is 28.1 Å².